The Morgan fingerprint density at radius 3 is 2.35 bits per heavy atom. The standard InChI is InChI=1S/C15H12BrCl2FO/c1-15(20,8-9-2-4-10(17)5-3-9)11-6-7-12(16)13(18)14(11)19/h2-7,20H,8H2,1H3. The van der Waals surface area contributed by atoms with Gasteiger partial charge in [0, 0.05) is 21.5 Å². The number of hydrogen-bond donors (Lipinski definition) is 1. The molecular formula is C15H12BrCl2FO. The lowest BCUT2D eigenvalue weighted by Crippen LogP contribution is -2.26. The first kappa shape index (κ1) is 15.8. The van der Waals surface area contributed by atoms with Crippen molar-refractivity contribution >= 4 is 39.1 Å². The van der Waals surface area contributed by atoms with Crippen molar-refractivity contribution in [3.63, 3.8) is 0 Å². The van der Waals surface area contributed by atoms with E-state index in [0.717, 1.165) is 5.56 Å². The Morgan fingerprint density at radius 1 is 1.15 bits per heavy atom. The zero-order valence-electron chi connectivity index (χ0n) is 10.6. The predicted molar refractivity (Wildman–Crippen MR) is 83.8 cm³/mol. The minimum Gasteiger partial charge on any atom is -0.385 e. The third-order valence-corrected chi connectivity index (χ3v) is 4.59. The van der Waals surface area contributed by atoms with E-state index >= 15 is 0 Å². The van der Waals surface area contributed by atoms with Crippen LogP contribution in [0.15, 0.2) is 40.9 Å². The summed E-state index contributed by atoms with van der Waals surface area (Å²) in [6, 6.07) is 10.2. The smallest absolute Gasteiger partial charge is 0.149 e. The highest BCUT2D eigenvalue weighted by atomic mass is 79.9. The summed E-state index contributed by atoms with van der Waals surface area (Å²) in [7, 11) is 0. The summed E-state index contributed by atoms with van der Waals surface area (Å²) in [5.74, 6) is -0.611. The maximum Gasteiger partial charge on any atom is 0.149 e. The Hall–Kier alpha value is -0.610. The number of benzene rings is 2. The van der Waals surface area contributed by atoms with Crippen LogP contribution in [0.4, 0.5) is 4.39 Å². The second-order valence-electron chi connectivity index (χ2n) is 4.80. The SMILES string of the molecule is CC(O)(Cc1ccc(Cl)cc1)c1ccc(Br)c(Cl)c1F. The lowest BCUT2D eigenvalue weighted by Gasteiger charge is -2.25. The highest BCUT2D eigenvalue weighted by molar-refractivity contribution is 9.10. The van der Waals surface area contributed by atoms with E-state index in [-0.39, 0.29) is 17.0 Å². The van der Waals surface area contributed by atoms with Crippen molar-refractivity contribution in [3.05, 3.63) is 67.9 Å². The first-order chi connectivity index (χ1) is 9.31. The van der Waals surface area contributed by atoms with Gasteiger partial charge in [-0.05, 0) is 46.6 Å². The van der Waals surface area contributed by atoms with E-state index in [1.165, 1.54) is 6.07 Å². The van der Waals surface area contributed by atoms with Crippen LogP contribution in [0.25, 0.3) is 0 Å². The summed E-state index contributed by atoms with van der Waals surface area (Å²) < 4.78 is 14.6. The van der Waals surface area contributed by atoms with Crippen LogP contribution in [0, 0.1) is 5.82 Å². The van der Waals surface area contributed by atoms with Crippen LogP contribution in [0.5, 0.6) is 0 Å². The molecule has 2 rings (SSSR count). The van der Waals surface area contributed by atoms with Crippen LogP contribution >= 0.6 is 39.1 Å². The molecule has 0 aliphatic carbocycles. The van der Waals surface area contributed by atoms with Crippen LogP contribution in [0.3, 0.4) is 0 Å². The van der Waals surface area contributed by atoms with Crippen LogP contribution in [0.2, 0.25) is 10.0 Å². The molecule has 1 N–H and O–H groups in total. The summed E-state index contributed by atoms with van der Waals surface area (Å²) in [6.45, 7) is 1.56. The van der Waals surface area contributed by atoms with Crippen molar-refractivity contribution in [2.75, 3.05) is 0 Å². The maximum absolute atomic E-state index is 14.2. The molecule has 0 saturated carbocycles. The quantitative estimate of drug-likeness (QED) is 0.715. The minimum absolute atomic E-state index is 0.0288. The van der Waals surface area contributed by atoms with Gasteiger partial charge in [0.05, 0.1) is 10.6 Å². The average Bonchev–Trinajstić information content (AvgIpc) is 2.38. The molecule has 0 amide bonds. The second-order valence-corrected chi connectivity index (χ2v) is 6.47. The van der Waals surface area contributed by atoms with Gasteiger partial charge in [-0.3, -0.25) is 0 Å². The fourth-order valence-corrected chi connectivity index (χ4v) is 2.63. The van der Waals surface area contributed by atoms with Crippen molar-refractivity contribution in [2.45, 2.75) is 18.9 Å². The minimum atomic E-state index is -1.36. The number of aliphatic hydroxyl groups is 1. The summed E-state index contributed by atoms with van der Waals surface area (Å²) >= 11 is 14.8. The highest BCUT2D eigenvalue weighted by Gasteiger charge is 2.28. The van der Waals surface area contributed by atoms with Crippen molar-refractivity contribution in [1.29, 1.82) is 0 Å². The molecule has 0 fully saturated rings. The Bertz CT molecular complexity index is 627. The van der Waals surface area contributed by atoms with Gasteiger partial charge in [-0.15, -0.1) is 0 Å². The van der Waals surface area contributed by atoms with Gasteiger partial charge in [0.25, 0.3) is 0 Å². The van der Waals surface area contributed by atoms with Gasteiger partial charge in [-0.1, -0.05) is 41.4 Å². The van der Waals surface area contributed by atoms with Gasteiger partial charge in [0.2, 0.25) is 0 Å². The van der Waals surface area contributed by atoms with Gasteiger partial charge in [-0.25, -0.2) is 4.39 Å². The lowest BCUT2D eigenvalue weighted by atomic mass is 9.89. The molecule has 20 heavy (non-hydrogen) atoms. The molecule has 1 atom stereocenters. The molecule has 0 aromatic heterocycles. The van der Waals surface area contributed by atoms with Crippen LogP contribution in [0.1, 0.15) is 18.1 Å². The molecule has 0 heterocycles. The Labute approximate surface area is 135 Å². The van der Waals surface area contributed by atoms with Gasteiger partial charge in [-0.2, -0.15) is 0 Å². The van der Waals surface area contributed by atoms with Crippen LogP contribution in [-0.4, -0.2) is 5.11 Å². The molecule has 0 spiro atoms. The van der Waals surface area contributed by atoms with E-state index in [1.54, 1.807) is 37.3 Å². The second kappa shape index (κ2) is 6.02. The fourth-order valence-electron chi connectivity index (χ4n) is 2.04. The van der Waals surface area contributed by atoms with Crippen molar-refractivity contribution in [3.8, 4) is 0 Å². The first-order valence-electron chi connectivity index (χ1n) is 5.92. The normalized spacial score (nSPS) is 14.1. The molecule has 1 nitrogen and oxygen atoms in total. The molecule has 1 unspecified atom stereocenters. The predicted octanol–water partition coefficient (Wildman–Crippen LogP) is 5.35. The number of hydrogen-bond acceptors (Lipinski definition) is 1. The summed E-state index contributed by atoms with van der Waals surface area (Å²) in [5.41, 5.74) is -0.332. The highest BCUT2D eigenvalue weighted by Crippen LogP contribution is 2.34. The molecule has 2 aromatic rings. The third kappa shape index (κ3) is 3.34. The third-order valence-electron chi connectivity index (χ3n) is 3.08. The van der Waals surface area contributed by atoms with E-state index in [2.05, 4.69) is 15.9 Å². The van der Waals surface area contributed by atoms with E-state index in [1.807, 2.05) is 0 Å². The number of halogens is 4. The van der Waals surface area contributed by atoms with Crippen LogP contribution < -0.4 is 0 Å². The Morgan fingerprint density at radius 2 is 1.75 bits per heavy atom. The topological polar surface area (TPSA) is 20.2 Å². The lowest BCUT2D eigenvalue weighted by molar-refractivity contribution is 0.0538. The summed E-state index contributed by atoms with van der Waals surface area (Å²) in [6.07, 6.45) is 0.263. The van der Waals surface area contributed by atoms with Crippen LogP contribution in [-0.2, 0) is 12.0 Å². The summed E-state index contributed by atoms with van der Waals surface area (Å²) in [4.78, 5) is 0. The zero-order valence-corrected chi connectivity index (χ0v) is 13.7. The fraction of sp³-hybridized carbons (Fsp3) is 0.200. The molecule has 0 saturated heterocycles. The monoisotopic (exact) mass is 376 g/mol. The maximum atomic E-state index is 14.2. The van der Waals surface area contributed by atoms with E-state index < -0.39 is 11.4 Å². The number of rotatable bonds is 3. The molecule has 2 aromatic carbocycles. The first-order valence-corrected chi connectivity index (χ1v) is 7.47. The molecule has 5 heteroatoms. The Kier molecular flexibility index (Phi) is 4.75. The van der Waals surface area contributed by atoms with Gasteiger partial charge < -0.3 is 5.11 Å². The van der Waals surface area contributed by atoms with Gasteiger partial charge >= 0.3 is 0 Å². The Balaban J connectivity index is 2.35. The molecular weight excluding hydrogens is 366 g/mol. The largest absolute Gasteiger partial charge is 0.385 e. The average molecular weight is 378 g/mol. The van der Waals surface area contributed by atoms with Crippen molar-refractivity contribution in [1.82, 2.24) is 0 Å². The van der Waals surface area contributed by atoms with E-state index in [4.69, 9.17) is 23.2 Å². The molecule has 106 valence electrons. The molecule has 0 aliphatic heterocycles. The molecule has 0 radical (unpaired) electrons. The van der Waals surface area contributed by atoms with Gasteiger partial charge in [0.1, 0.15) is 5.82 Å². The van der Waals surface area contributed by atoms with Gasteiger partial charge in [0.15, 0.2) is 0 Å². The van der Waals surface area contributed by atoms with Crippen molar-refractivity contribution < 1.29 is 9.50 Å². The molecule has 0 aliphatic rings. The summed E-state index contributed by atoms with van der Waals surface area (Å²) in [5, 5.41) is 11.1. The molecule has 0 bridgehead atoms. The van der Waals surface area contributed by atoms with E-state index in [0.29, 0.717) is 9.50 Å². The van der Waals surface area contributed by atoms with Crippen molar-refractivity contribution in [2.24, 2.45) is 0 Å². The zero-order chi connectivity index (χ0) is 14.9. The van der Waals surface area contributed by atoms with E-state index in [9.17, 15) is 9.50 Å².